The van der Waals surface area contributed by atoms with E-state index in [-0.39, 0.29) is 23.1 Å². The van der Waals surface area contributed by atoms with Crippen LogP contribution in [0.5, 0.6) is 0 Å². The summed E-state index contributed by atoms with van der Waals surface area (Å²) in [5.74, 6) is -0.665. The van der Waals surface area contributed by atoms with Gasteiger partial charge >= 0.3 is 0 Å². The van der Waals surface area contributed by atoms with Crippen LogP contribution in [0.15, 0.2) is 18.2 Å². The molecule has 0 radical (unpaired) electrons. The minimum Gasteiger partial charge on any atom is -0.399 e. The molecule has 1 heterocycles. The lowest BCUT2D eigenvalue weighted by Gasteiger charge is -2.22. The molecule has 0 bridgehead atoms. The fourth-order valence-electron chi connectivity index (χ4n) is 2.51. The van der Waals surface area contributed by atoms with E-state index in [0.29, 0.717) is 32.6 Å². The second-order valence-electron chi connectivity index (χ2n) is 5.15. The van der Waals surface area contributed by atoms with Gasteiger partial charge < -0.3 is 15.5 Å². The molecule has 0 aromatic heterocycles. The molecular formula is C15H20FN3O2. The van der Waals surface area contributed by atoms with Crippen LogP contribution in [0.25, 0.3) is 0 Å². The molecule has 1 aliphatic rings. The van der Waals surface area contributed by atoms with Gasteiger partial charge in [-0.2, -0.15) is 0 Å². The number of benzene rings is 1. The van der Waals surface area contributed by atoms with Crippen molar-refractivity contribution in [3.63, 3.8) is 0 Å². The number of hydrogen-bond acceptors (Lipinski definition) is 3. The van der Waals surface area contributed by atoms with Crippen molar-refractivity contribution >= 4 is 17.5 Å². The molecular weight excluding hydrogens is 273 g/mol. The van der Waals surface area contributed by atoms with Crippen LogP contribution in [0, 0.1) is 5.82 Å². The summed E-state index contributed by atoms with van der Waals surface area (Å²) in [7, 11) is 0. The summed E-state index contributed by atoms with van der Waals surface area (Å²) >= 11 is 0. The number of amides is 2. The summed E-state index contributed by atoms with van der Waals surface area (Å²) in [5.41, 5.74) is 6.06. The Balaban J connectivity index is 2.08. The van der Waals surface area contributed by atoms with E-state index in [4.69, 9.17) is 5.73 Å². The molecule has 6 heteroatoms. The maximum absolute atomic E-state index is 13.3. The van der Waals surface area contributed by atoms with E-state index in [2.05, 4.69) is 0 Å². The molecule has 1 aromatic rings. The first-order valence-corrected chi connectivity index (χ1v) is 7.14. The zero-order valence-electron chi connectivity index (χ0n) is 12.1. The number of carbonyl (C=O) groups excluding carboxylic acids is 2. The summed E-state index contributed by atoms with van der Waals surface area (Å²) in [4.78, 5) is 27.5. The summed E-state index contributed by atoms with van der Waals surface area (Å²) in [5, 5.41) is 0. The third-order valence-electron chi connectivity index (χ3n) is 3.61. The molecule has 0 atom stereocenters. The highest BCUT2D eigenvalue weighted by atomic mass is 19.1. The van der Waals surface area contributed by atoms with E-state index in [1.807, 2.05) is 6.92 Å². The van der Waals surface area contributed by atoms with Crippen LogP contribution >= 0.6 is 0 Å². The second-order valence-corrected chi connectivity index (χ2v) is 5.15. The van der Waals surface area contributed by atoms with Gasteiger partial charge in [0.05, 0.1) is 0 Å². The summed E-state index contributed by atoms with van der Waals surface area (Å²) in [6.07, 6.45) is 1.19. The molecule has 114 valence electrons. The molecule has 2 amide bonds. The van der Waals surface area contributed by atoms with E-state index in [0.717, 1.165) is 6.42 Å². The van der Waals surface area contributed by atoms with Crippen molar-refractivity contribution in [2.75, 3.05) is 31.9 Å². The highest BCUT2D eigenvalue weighted by Gasteiger charge is 2.22. The number of carbonyl (C=O) groups is 2. The molecule has 5 nitrogen and oxygen atoms in total. The second kappa shape index (κ2) is 6.56. The lowest BCUT2D eigenvalue weighted by molar-refractivity contribution is -0.130. The van der Waals surface area contributed by atoms with Crippen LogP contribution in [-0.2, 0) is 4.79 Å². The van der Waals surface area contributed by atoms with Gasteiger partial charge in [0.2, 0.25) is 5.91 Å². The molecule has 1 aliphatic heterocycles. The summed E-state index contributed by atoms with van der Waals surface area (Å²) in [6.45, 7) is 4.01. The van der Waals surface area contributed by atoms with Gasteiger partial charge in [-0.15, -0.1) is 0 Å². The first kappa shape index (κ1) is 15.3. The van der Waals surface area contributed by atoms with Crippen molar-refractivity contribution in [2.45, 2.75) is 19.8 Å². The molecule has 1 aromatic carbocycles. The molecule has 0 saturated carbocycles. The monoisotopic (exact) mass is 293 g/mol. The van der Waals surface area contributed by atoms with Gasteiger partial charge in [0, 0.05) is 43.9 Å². The highest BCUT2D eigenvalue weighted by molar-refractivity contribution is 5.95. The Kier molecular flexibility index (Phi) is 4.77. The van der Waals surface area contributed by atoms with Crippen molar-refractivity contribution in [3.05, 3.63) is 29.6 Å². The topological polar surface area (TPSA) is 66.6 Å². The number of anilines is 1. The molecule has 0 spiro atoms. The van der Waals surface area contributed by atoms with Crippen molar-refractivity contribution in [1.82, 2.24) is 9.80 Å². The number of nitrogens with two attached hydrogens (primary N) is 1. The summed E-state index contributed by atoms with van der Waals surface area (Å²) in [6, 6.07) is 3.85. The van der Waals surface area contributed by atoms with E-state index in [9.17, 15) is 14.0 Å². The van der Waals surface area contributed by atoms with Crippen LogP contribution in [0.1, 0.15) is 30.1 Å². The van der Waals surface area contributed by atoms with Gasteiger partial charge in [-0.3, -0.25) is 9.59 Å². The quantitative estimate of drug-likeness (QED) is 0.840. The number of hydrogen-bond donors (Lipinski definition) is 1. The Morgan fingerprint density at radius 3 is 2.48 bits per heavy atom. The van der Waals surface area contributed by atoms with Crippen LogP contribution in [0.3, 0.4) is 0 Å². The maximum atomic E-state index is 13.3. The van der Waals surface area contributed by atoms with E-state index >= 15 is 0 Å². The van der Waals surface area contributed by atoms with E-state index < -0.39 is 5.82 Å². The average Bonchev–Trinajstić information content (AvgIpc) is 2.70. The van der Waals surface area contributed by atoms with Crippen LogP contribution in [-0.4, -0.2) is 47.8 Å². The highest BCUT2D eigenvalue weighted by Crippen LogP contribution is 2.15. The molecule has 0 aliphatic carbocycles. The van der Waals surface area contributed by atoms with Crippen molar-refractivity contribution in [2.24, 2.45) is 0 Å². The Hall–Kier alpha value is -2.11. The molecule has 21 heavy (non-hydrogen) atoms. The predicted octanol–water partition coefficient (Wildman–Crippen LogP) is 1.49. The number of rotatable bonds is 2. The van der Waals surface area contributed by atoms with Crippen LogP contribution < -0.4 is 5.73 Å². The Labute approximate surface area is 123 Å². The van der Waals surface area contributed by atoms with E-state index in [1.54, 1.807) is 9.80 Å². The predicted molar refractivity (Wildman–Crippen MR) is 78.2 cm³/mol. The fraction of sp³-hybridized carbons (Fsp3) is 0.467. The average molecular weight is 293 g/mol. The van der Waals surface area contributed by atoms with Crippen molar-refractivity contribution in [3.8, 4) is 0 Å². The van der Waals surface area contributed by atoms with Crippen LogP contribution in [0.2, 0.25) is 0 Å². The zero-order valence-corrected chi connectivity index (χ0v) is 12.1. The maximum Gasteiger partial charge on any atom is 0.254 e. The van der Waals surface area contributed by atoms with Gasteiger partial charge in [0.1, 0.15) is 5.82 Å². The van der Waals surface area contributed by atoms with Gasteiger partial charge in [-0.1, -0.05) is 6.92 Å². The number of nitrogen functional groups attached to an aromatic ring is 1. The Bertz CT molecular complexity index is 527. The smallest absolute Gasteiger partial charge is 0.254 e. The third kappa shape index (κ3) is 3.71. The third-order valence-corrected chi connectivity index (χ3v) is 3.61. The Morgan fingerprint density at radius 1 is 1.14 bits per heavy atom. The fourth-order valence-corrected chi connectivity index (χ4v) is 2.51. The van der Waals surface area contributed by atoms with Gasteiger partial charge in [0.15, 0.2) is 0 Å². The van der Waals surface area contributed by atoms with Gasteiger partial charge in [0.25, 0.3) is 5.91 Å². The molecule has 0 unspecified atom stereocenters. The van der Waals surface area contributed by atoms with Crippen LogP contribution in [0.4, 0.5) is 10.1 Å². The molecule has 2 rings (SSSR count). The zero-order chi connectivity index (χ0) is 15.4. The standard InChI is InChI=1S/C15H20FN3O2/c1-2-14(20)18-4-3-5-19(7-6-18)15(21)11-8-12(16)10-13(17)9-11/h8-10H,2-7,17H2,1H3. The van der Waals surface area contributed by atoms with Crippen molar-refractivity contribution < 1.29 is 14.0 Å². The first-order chi connectivity index (χ1) is 10.0. The first-order valence-electron chi connectivity index (χ1n) is 7.14. The largest absolute Gasteiger partial charge is 0.399 e. The normalized spacial score (nSPS) is 15.7. The number of halogens is 1. The summed E-state index contributed by atoms with van der Waals surface area (Å²) < 4.78 is 13.3. The van der Waals surface area contributed by atoms with Crippen molar-refractivity contribution in [1.29, 1.82) is 0 Å². The van der Waals surface area contributed by atoms with Gasteiger partial charge in [-0.05, 0) is 24.6 Å². The lowest BCUT2D eigenvalue weighted by atomic mass is 10.1. The molecule has 1 fully saturated rings. The Morgan fingerprint density at radius 2 is 1.81 bits per heavy atom. The minimum absolute atomic E-state index is 0.0966. The minimum atomic E-state index is -0.518. The lowest BCUT2D eigenvalue weighted by Crippen LogP contribution is -2.37. The van der Waals surface area contributed by atoms with E-state index in [1.165, 1.54) is 18.2 Å². The molecule has 2 N–H and O–H groups in total. The SMILES string of the molecule is CCC(=O)N1CCCN(C(=O)c2cc(N)cc(F)c2)CC1. The molecule has 1 saturated heterocycles. The number of nitrogens with zero attached hydrogens (tertiary/aromatic N) is 2. The van der Waals surface area contributed by atoms with Gasteiger partial charge in [-0.25, -0.2) is 4.39 Å².